The molecule has 1 heterocycles. The second kappa shape index (κ2) is 8.61. The van der Waals surface area contributed by atoms with Crippen molar-refractivity contribution in [3.05, 3.63) is 59.7 Å². The van der Waals surface area contributed by atoms with Gasteiger partial charge in [-0.25, -0.2) is 0 Å². The van der Waals surface area contributed by atoms with Crippen molar-refractivity contribution in [1.82, 2.24) is 14.8 Å². The zero-order valence-corrected chi connectivity index (χ0v) is 17.5. The third kappa shape index (κ3) is 4.53. The number of methoxy groups -OCH3 is 1. The lowest BCUT2D eigenvalue weighted by atomic mass is 10.0. The number of thioether (sulfide) groups is 1. The molecule has 0 atom stereocenters. The van der Waals surface area contributed by atoms with Gasteiger partial charge < -0.3 is 4.74 Å². The van der Waals surface area contributed by atoms with Crippen LogP contribution in [0.25, 0.3) is 11.4 Å². The van der Waals surface area contributed by atoms with E-state index in [9.17, 15) is 0 Å². The van der Waals surface area contributed by atoms with E-state index in [-0.39, 0.29) is 6.04 Å². The van der Waals surface area contributed by atoms with Crippen LogP contribution in [0, 0.1) is 0 Å². The average molecular weight is 382 g/mol. The Morgan fingerprint density at radius 2 is 1.59 bits per heavy atom. The summed E-state index contributed by atoms with van der Waals surface area (Å²) in [5.41, 5.74) is 3.72. The molecule has 4 nitrogen and oxygen atoms in total. The molecule has 0 spiro atoms. The van der Waals surface area contributed by atoms with Crippen molar-refractivity contribution in [2.24, 2.45) is 0 Å². The molecule has 3 rings (SSSR count). The van der Waals surface area contributed by atoms with Crippen LogP contribution in [0.15, 0.2) is 53.7 Å². The summed E-state index contributed by atoms with van der Waals surface area (Å²) in [5, 5.41) is 9.87. The van der Waals surface area contributed by atoms with Crippen LogP contribution in [-0.4, -0.2) is 21.9 Å². The van der Waals surface area contributed by atoms with E-state index in [1.165, 1.54) is 11.1 Å². The maximum Gasteiger partial charge on any atom is 0.192 e. The number of hydrogen-bond donors (Lipinski definition) is 0. The minimum Gasteiger partial charge on any atom is -0.497 e. The van der Waals surface area contributed by atoms with Crippen molar-refractivity contribution in [2.45, 2.75) is 50.6 Å². The lowest BCUT2D eigenvalue weighted by Gasteiger charge is -2.14. The molecule has 3 aromatic rings. The average Bonchev–Trinajstić information content (AvgIpc) is 3.11. The van der Waals surface area contributed by atoms with Crippen LogP contribution in [-0.2, 0) is 5.75 Å². The Labute approximate surface area is 166 Å². The predicted molar refractivity (Wildman–Crippen MR) is 112 cm³/mol. The first kappa shape index (κ1) is 19.5. The minimum atomic E-state index is 0.280. The molecule has 27 heavy (non-hydrogen) atoms. The first-order valence-electron chi connectivity index (χ1n) is 9.30. The second-order valence-corrected chi connectivity index (χ2v) is 8.13. The van der Waals surface area contributed by atoms with Gasteiger partial charge in [-0.05, 0) is 55.2 Å². The maximum absolute atomic E-state index is 5.25. The molecule has 0 bridgehead atoms. The molecule has 1 aromatic heterocycles. The Bertz CT molecular complexity index is 868. The zero-order valence-electron chi connectivity index (χ0n) is 16.6. The molecule has 0 saturated heterocycles. The first-order valence-corrected chi connectivity index (χ1v) is 10.3. The molecule has 2 aromatic carbocycles. The van der Waals surface area contributed by atoms with Gasteiger partial charge >= 0.3 is 0 Å². The van der Waals surface area contributed by atoms with E-state index in [0.29, 0.717) is 5.92 Å². The molecule has 0 unspecified atom stereocenters. The van der Waals surface area contributed by atoms with Crippen LogP contribution in [0.2, 0.25) is 0 Å². The SMILES string of the molecule is COc1ccc(-c2nnc(SCc3ccc(C(C)C)cc3)n2C(C)C)cc1. The number of rotatable bonds is 7. The smallest absolute Gasteiger partial charge is 0.192 e. The summed E-state index contributed by atoms with van der Waals surface area (Å²) in [6, 6.07) is 17.1. The standard InChI is InChI=1S/C22H27N3OS/c1-15(2)18-8-6-17(7-9-18)14-27-22-24-23-21(25(22)16(3)4)19-10-12-20(26-5)13-11-19/h6-13,15-16H,14H2,1-5H3. The van der Waals surface area contributed by atoms with E-state index < -0.39 is 0 Å². The van der Waals surface area contributed by atoms with Gasteiger partial charge in [0.05, 0.1) is 7.11 Å². The van der Waals surface area contributed by atoms with E-state index in [0.717, 1.165) is 28.0 Å². The van der Waals surface area contributed by atoms with E-state index >= 15 is 0 Å². The minimum absolute atomic E-state index is 0.280. The van der Waals surface area contributed by atoms with Crippen LogP contribution in [0.5, 0.6) is 5.75 Å². The molecule has 0 fully saturated rings. The van der Waals surface area contributed by atoms with Crippen molar-refractivity contribution < 1.29 is 4.74 Å². The van der Waals surface area contributed by atoms with Crippen LogP contribution in [0.1, 0.15) is 50.8 Å². The third-order valence-electron chi connectivity index (χ3n) is 4.54. The Balaban J connectivity index is 1.80. The summed E-state index contributed by atoms with van der Waals surface area (Å²) < 4.78 is 7.45. The van der Waals surface area contributed by atoms with Crippen molar-refractivity contribution in [1.29, 1.82) is 0 Å². The van der Waals surface area contributed by atoms with Gasteiger partial charge in [-0.15, -0.1) is 10.2 Å². The highest BCUT2D eigenvalue weighted by atomic mass is 32.2. The largest absolute Gasteiger partial charge is 0.497 e. The van der Waals surface area contributed by atoms with Gasteiger partial charge in [0.1, 0.15) is 5.75 Å². The molecular formula is C22H27N3OS. The number of benzene rings is 2. The fraction of sp³-hybridized carbons (Fsp3) is 0.364. The monoisotopic (exact) mass is 381 g/mol. The quantitative estimate of drug-likeness (QED) is 0.474. The lowest BCUT2D eigenvalue weighted by Crippen LogP contribution is -2.05. The van der Waals surface area contributed by atoms with Crippen molar-refractivity contribution in [3.63, 3.8) is 0 Å². The summed E-state index contributed by atoms with van der Waals surface area (Å²) in [4.78, 5) is 0. The predicted octanol–water partition coefficient (Wildman–Crippen LogP) is 5.95. The van der Waals surface area contributed by atoms with E-state index in [1.54, 1.807) is 18.9 Å². The summed E-state index contributed by atoms with van der Waals surface area (Å²) in [5.74, 6) is 3.17. The lowest BCUT2D eigenvalue weighted by molar-refractivity contribution is 0.415. The molecule has 142 valence electrons. The topological polar surface area (TPSA) is 39.9 Å². The van der Waals surface area contributed by atoms with Gasteiger partial charge in [-0.2, -0.15) is 0 Å². The number of nitrogens with zero attached hydrogens (tertiary/aromatic N) is 3. The number of ether oxygens (including phenoxy) is 1. The van der Waals surface area contributed by atoms with E-state index in [4.69, 9.17) is 4.74 Å². The van der Waals surface area contributed by atoms with Crippen molar-refractivity contribution in [2.75, 3.05) is 7.11 Å². The first-order chi connectivity index (χ1) is 13.0. The molecular weight excluding hydrogens is 354 g/mol. The third-order valence-corrected chi connectivity index (χ3v) is 5.56. The number of hydrogen-bond acceptors (Lipinski definition) is 4. The van der Waals surface area contributed by atoms with E-state index in [1.807, 2.05) is 24.3 Å². The fourth-order valence-corrected chi connectivity index (χ4v) is 3.95. The summed E-state index contributed by atoms with van der Waals surface area (Å²) >= 11 is 1.73. The maximum atomic E-state index is 5.25. The van der Waals surface area contributed by atoms with Gasteiger partial charge in [-0.1, -0.05) is 49.9 Å². The van der Waals surface area contributed by atoms with Crippen LogP contribution >= 0.6 is 11.8 Å². The normalized spacial score (nSPS) is 11.4. The van der Waals surface area contributed by atoms with Crippen LogP contribution < -0.4 is 4.74 Å². The van der Waals surface area contributed by atoms with Crippen molar-refractivity contribution >= 4 is 11.8 Å². The molecule has 0 aliphatic heterocycles. The van der Waals surface area contributed by atoms with Crippen LogP contribution in [0.4, 0.5) is 0 Å². The molecule has 0 saturated carbocycles. The Hall–Kier alpha value is -2.27. The summed E-state index contributed by atoms with van der Waals surface area (Å²) in [6.07, 6.45) is 0. The highest BCUT2D eigenvalue weighted by molar-refractivity contribution is 7.98. The van der Waals surface area contributed by atoms with Gasteiger partial charge in [0.25, 0.3) is 0 Å². The Kier molecular flexibility index (Phi) is 6.22. The van der Waals surface area contributed by atoms with Crippen molar-refractivity contribution in [3.8, 4) is 17.1 Å². The summed E-state index contributed by atoms with van der Waals surface area (Å²) in [7, 11) is 1.67. The number of aromatic nitrogens is 3. The molecule has 0 amide bonds. The molecule has 0 aliphatic carbocycles. The Morgan fingerprint density at radius 3 is 2.15 bits per heavy atom. The molecule has 0 radical (unpaired) electrons. The summed E-state index contributed by atoms with van der Waals surface area (Å²) in [6.45, 7) is 8.76. The van der Waals surface area contributed by atoms with Gasteiger partial charge in [0.15, 0.2) is 11.0 Å². The highest BCUT2D eigenvalue weighted by Crippen LogP contribution is 2.30. The van der Waals surface area contributed by atoms with Gasteiger partial charge in [0, 0.05) is 17.4 Å². The molecule has 0 N–H and O–H groups in total. The zero-order chi connectivity index (χ0) is 19.4. The molecule has 5 heteroatoms. The Morgan fingerprint density at radius 1 is 0.926 bits per heavy atom. The van der Waals surface area contributed by atoms with Crippen LogP contribution in [0.3, 0.4) is 0 Å². The fourth-order valence-electron chi connectivity index (χ4n) is 2.92. The van der Waals surface area contributed by atoms with Gasteiger partial charge in [-0.3, -0.25) is 4.57 Å². The van der Waals surface area contributed by atoms with E-state index in [2.05, 4.69) is 66.7 Å². The van der Waals surface area contributed by atoms with Gasteiger partial charge in [0.2, 0.25) is 0 Å². The molecule has 0 aliphatic rings. The second-order valence-electron chi connectivity index (χ2n) is 7.18. The highest BCUT2D eigenvalue weighted by Gasteiger charge is 2.17.